The van der Waals surface area contributed by atoms with Crippen LogP contribution in [0.3, 0.4) is 0 Å². The fraction of sp³-hybridized carbons (Fsp3) is 0.423. The lowest BCUT2D eigenvalue weighted by Crippen LogP contribution is -2.66. The van der Waals surface area contributed by atoms with E-state index in [-0.39, 0.29) is 11.6 Å². The third-order valence-corrected chi connectivity index (χ3v) is 7.77. The number of aromatic nitrogens is 1. The topological polar surface area (TPSA) is 56.6 Å². The first-order valence-electron chi connectivity index (χ1n) is 11.3. The summed E-state index contributed by atoms with van der Waals surface area (Å²) >= 11 is 0. The van der Waals surface area contributed by atoms with Gasteiger partial charge in [-0.1, -0.05) is 18.2 Å². The van der Waals surface area contributed by atoms with Crippen molar-refractivity contribution >= 4 is 10.9 Å². The van der Waals surface area contributed by atoms with Crippen molar-refractivity contribution in [2.24, 2.45) is 5.92 Å². The molecule has 160 valence electrons. The van der Waals surface area contributed by atoms with Gasteiger partial charge < -0.3 is 15.1 Å². The molecule has 5 heteroatoms. The molecule has 0 bridgehead atoms. The summed E-state index contributed by atoms with van der Waals surface area (Å²) in [6.45, 7) is 2.55. The highest BCUT2D eigenvalue weighted by Gasteiger charge is 2.57. The number of aromatic hydroxyl groups is 1. The van der Waals surface area contributed by atoms with Gasteiger partial charge >= 0.3 is 0 Å². The van der Waals surface area contributed by atoms with E-state index < -0.39 is 11.0 Å². The first kappa shape index (κ1) is 19.2. The average Bonchev–Trinajstić information content (AvgIpc) is 3.55. The zero-order valence-electron chi connectivity index (χ0n) is 17.5. The average molecular weight is 419 g/mol. The SMILES string of the molecule is Oc1cccc([C@@]23CCN(CC4CC4)C[C@@]2(O)Cc2cc4c(F)cccc4nc2C3)c1. The molecule has 0 radical (unpaired) electrons. The minimum atomic E-state index is -0.998. The fourth-order valence-electron chi connectivity index (χ4n) is 5.95. The number of likely N-dealkylation sites (tertiary alicyclic amines) is 1. The van der Waals surface area contributed by atoms with Gasteiger partial charge in [0.15, 0.2) is 0 Å². The molecule has 0 unspecified atom stereocenters. The molecular weight excluding hydrogens is 391 g/mol. The Hall–Kier alpha value is -2.50. The first-order chi connectivity index (χ1) is 15.0. The molecule has 2 aromatic carbocycles. The molecule has 0 amide bonds. The highest BCUT2D eigenvalue weighted by atomic mass is 19.1. The number of pyridine rings is 1. The van der Waals surface area contributed by atoms with Gasteiger partial charge in [-0.15, -0.1) is 0 Å². The largest absolute Gasteiger partial charge is 0.508 e. The van der Waals surface area contributed by atoms with E-state index >= 15 is 0 Å². The number of halogens is 1. The molecule has 2 heterocycles. The molecule has 3 aromatic rings. The van der Waals surface area contributed by atoms with E-state index in [0.29, 0.717) is 30.3 Å². The minimum Gasteiger partial charge on any atom is -0.508 e. The molecule has 2 fully saturated rings. The zero-order chi connectivity index (χ0) is 21.2. The summed E-state index contributed by atoms with van der Waals surface area (Å²) in [5, 5.41) is 23.0. The lowest BCUT2D eigenvalue weighted by Gasteiger charge is -2.56. The number of β-amino-alcohol motifs (C(OH)–C–C–N with tert-alkyl or cyclic N) is 1. The number of piperidine rings is 1. The first-order valence-corrected chi connectivity index (χ1v) is 11.3. The maximum Gasteiger partial charge on any atom is 0.132 e. The highest BCUT2D eigenvalue weighted by molar-refractivity contribution is 5.80. The summed E-state index contributed by atoms with van der Waals surface area (Å²) in [5.74, 6) is 0.699. The summed E-state index contributed by atoms with van der Waals surface area (Å²) in [6, 6.07) is 14.2. The Labute approximate surface area is 181 Å². The number of phenolic OH excluding ortho intramolecular Hbond substituents is 1. The van der Waals surface area contributed by atoms with Gasteiger partial charge in [-0.05, 0) is 73.2 Å². The lowest BCUT2D eigenvalue weighted by molar-refractivity contribution is -0.104. The van der Waals surface area contributed by atoms with E-state index in [1.54, 1.807) is 18.2 Å². The number of aliphatic hydroxyl groups is 1. The van der Waals surface area contributed by atoms with Crippen LogP contribution in [0.5, 0.6) is 5.75 Å². The number of hydrogen-bond donors (Lipinski definition) is 2. The Kier molecular flexibility index (Phi) is 4.18. The van der Waals surface area contributed by atoms with Crippen molar-refractivity contribution in [2.45, 2.75) is 43.1 Å². The summed E-state index contributed by atoms with van der Waals surface area (Å²) in [7, 11) is 0. The number of hydrogen-bond acceptors (Lipinski definition) is 4. The van der Waals surface area contributed by atoms with Crippen LogP contribution < -0.4 is 0 Å². The van der Waals surface area contributed by atoms with E-state index in [1.807, 2.05) is 24.3 Å². The summed E-state index contributed by atoms with van der Waals surface area (Å²) in [6.07, 6.45) is 4.40. The molecule has 4 nitrogen and oxygen atoms in total. The quantitative estimate of drug-likeness (QED) is 0.676. The van der Waals surface area contributed by atoms with Crippen LogP contribution in [0, 0.1) is 11.7 Å². The Bertz CT molecular complexity index is 1180. The summed E-state index contributed by atoms with van der Waals surface area (Å²) in [5.41, 5.74) is 1.97. The lowest BCUT2D eigenvalue weighted by atomic mass is 9.56. The van der Waals surface area contributed by atoms with E-state index in [9.17, 15) is 14.6 Å². The molecule has 1 saturated carbocycles. The van der Waals surface area contributed by atoms with E-state index in [4.69, 9.17) is 4.98 Å². The number of nitrogens with zero attached hydrogens (tertiary/aromatic N) is 2. The van der Waals surface area contributed by atoms with Crippen LogP contribution in [-0.2, 0) is 18.3 Å². The van der Waals surface area contributed by atoms with Gasteiger partial charge in [0.1, 0.15) is 11.6 Å². The Morgan fingerprint density at radius 2 is 1.94 bits per heavy atom. The van der Waals surface area contributed by atoms with Crippen molar-refractivity contribution in [1.29, 1.82) is 0 Å². The highest BCUT2D eigenvalue weighted by Crippen LogP contribution is 2.51. The zero-order valence-corrected chi connectivity index (χ0v) is 17.5. The van der Waals surface area contributed by atoms with Gasteiger partial charge in [-0.25, -0.2) is 4.39 Å². The molecule has 3 aliphatic rings. The maximum absolute atomic E-state index is 14.4. The third-order valence-electron chi connectivity index (χ3n) is 7.77. The molecule has 31 heavy (non-hydrogen) atoms. The second-order valence-corrected chi connectivity index (χ2v) is 9.85. The van der Waals surface area contributed by atoms with Gasteiger partial charge in [-0.2, -0.15) is 0 Å². The van der Waals surface area contributed by atoms with Gasteiger partial charge in [0.2, 0.25) is 0 Å². The predicted octanol–water partition coefficient (Wildman–Crippen LogP) is 3.96. The molecular formula is C26H27FN2O2. The van der Waals surface area contributed by atoms with Crippen molar-refractivity contribution in [3.63, 3.8) is 0 Å². The summed E-state index contributed by atoms with van der Waals surface area (Å²) in [4.78, 5) is 7.24. The normalized spacial score (nSPS) is 28.3. The van der Waals surface area contributed by atoms with E-state index in [2.05, 4.69) is 4.90 Å². The van der Waals surface area contributed by atoms with Crippen LogP contribution >= 0.6 is 0 Å². The van der Waals surface area contributed by atoms with Crippen molar-refractivity contribution in [2.75, 3.05) is 19.6 Å². The monoisotopic (exact) mass is 418 g/mol. The molecule has 1 aliphatic heterocycles. The smallest absolute Gasteiger partial charge is 0.132 e. The van der Waals surface area contributed by atoms with Gasteiger partial charge in [0.05, 0.1) is 11.1 Å². The molecule has 2 atom stereocenters. The van der Waals surface area contributed by atoms with Crippen LogP contribution in [0.4, 0.5) is 4.39 Å². The van der Waals surface area contributed by atoms with Crippen molar-refractivity contribution in [3.05, 3.63) is 71.2 Å². The van der Waals surface area contributed by atoms with E-state index in [1.165, 1.54) is 18.9 Å². The third kappa shape index (κ3) is 3.06. The number of phenols is 1. The molecule has 1 aromatic heterocycles. The number of benzene rings is 2. The molecule has 1 saturated heterocycles. The minimum absolute atomic E-state index is 0.217. The molecule has 6 rings (SSSR count). The van der Waals surface area contributed by atoms with Crippen molar-refractivity contribution in [1.82, 2.24) is 9.88 Å². The Morgan fingerprint density at radius 3 is 2.74 bits per heavy atom. The van der Waals surface area contributed by atoms with Crippen LogP contribution in [0.15, 0.2) is 48.5 Å². The van der Waals surface area contributed by atoms with Gasteiger partial charge in [0, 0.05) is 42.4 Å². The predicted molar refractivity (Wildman–Crippen MR) is 118 cm³/mol. The van der Waals surface area contributed by atoms with Gasteiger partial charge in [-0.3, -0.25) is 4.98 Å². The molecule has 2 N–H and O–H groups in total. The second-order valence-electron chi connectivity index (χ2n) is 9.85. The second kappa shape index (κ2) is 6.75. The van der Waals surface area contributed by atoms with Crippen LogP contribution in [0.1, 0.15) is 36.1 Å². The van der Waals surface area contributed by atoms with Crippen LogP contribution in [-0.4, -0.2) is 45.3 Å². The Morgan fingerprint density at radius 1 is 1.10 bits per heavy atom. The van der Waals surface area contributed by atoms with Crippen LogP contribution in [0.2, 0.25) is 0 Å². The van der Waals surface area contributed by atoms with Crippen LogP contribution in [0.25, 0.3) is 10.9 Å². The maximum atomic E-state index is 14.4. The fourth-order valence-corrected chi connectivity index (χ4v) is 5.95. The van der Waals surface area contributed by atoms with Crippen molar-refractivity contribution < 1.29 is 14.6 Å². The summed E-state index contributed by atoms with van der Waals surface area (Å²) < 4.78 is 14.4. The number of rotatable bonds is 3. The van der Waals surface area contributed by atoms with E-state index in [0.717, 1.165) is 42.2 Å². The van der Waals surface area contributed by atoms with Crippen molar-refractivity contribution in [3.8, 4) is 5.75 Å². The Balaban J connectivity index is 1.49. The van der Waals surface area contributed by atoms with Gasteiger partial charge in [0.25, 0.3) is 0 Å². The number of fused-ring (bicyclic) bond motifs is 3. The molecule has 0 spiro atoms. The molecule has 2 aliphatic carbocycles. The standard InChI is InChI=1S/C26H27FN2O2/c27-22-5-2-6-23-21(22)11-18-13-26(31)16-29(15-17-7-8-17)10-9-25(26,14-24(18)28-23)19-3-1-4-20(30)12-19/h1-6,11-12,17,30-31H,7-10,13-16H2/t25-,26-/m0/s1.